The number of hydrogen-bond acceptors (Lipinski definition) is 2. The zero-order valence-electron chi connectivity index (χ0n) is 24.4. The standard InChI is InChI=1S/C40H24N4.Zn/c1-2-29-30-18-20-32(41-30)38(26-12-6-3-7-13-26)34-22-24-36(43-34)40(28-16-10-5-11-17-28)37-25-23-35(44-37)39(27-14-8-4-9-15-27)33-21-19-31(29)42-33;/h1,3-25H;/q-2;+2. The smallest absolute Gasteiger partial charge is 0.657 e. The second kappa shape index (κ2) is 11.8. The first-order valence-corrected chi connectivity index (χ1v) is 14.5. The van der Waals surface area contributed by atoms with Crippen LogP contribution in [0.1, 0.15) is 28.3 Å². The van der Waals surface area contributed by atoms with Gasteiger partial charge in [0.15, 0.2) is 0 Å². The molecule has 2 aliphatic rings. The average molecular weight is 626 g/mol. The van der Waals surface area contributed by atoms with Crippen LogP contribution in [0.3, 0.4) is 0 Å². The van der Waals surface area contributed by atoms with Gasteiger partial charge in [-0.05, 0) is 57.7 Å². The Balaban J connectivity index is 0.00000325. The van der Waals surface area contributed by atoms with E-state index in [-0.39, 0.29) is 19.5 Å². The molecule has 2 aliphatic heterocycles. The molecule has 8 rings (SSSR count). The quantitative estimate of drug-likeness (QED) is 0.145. The van der Waals surface area contributed by atoms with Crippen LogP contribution in [0.5, 0.6) is 0 Å². The first kappa shape index (κ1) is 28.2. The molecule has 0 N–H and O–H groups in total. The van der Waals surface area contributed by atoms with E-state index >= 15 is 0 Å². The number of aromatic nitrogens is 4. The van der Waals surface area contributed by atoms with Crippen LogP contribution in [0.2, 0.25) is 0 Å². The van der Waals surface area contributed by atoms with Crippen molar-refractivity contribution in [3.05, 3.63) is 144 Å². The minimum atomic E-state index is 0. The van der Waals surface area contributed by atoms with Crippen LogP contribution in [0.15, 0.2) is 115 Å². The number of hydrogen-bond donors (Lipinski definition) is 0. The van der Waals surface area contributed by atoms with Gasteiger partial charge in [-0.1, -0.05) is 121 Å². The summed E-state index contributed by atoms with van der Waals surface area (Å²) in [5.74, 6) is 2.87. The Morgan fingerprint density at radius 2 is 0.756 bits per heavy atom. The van der Waals surface area contributed by atoms with E-state index < -0.39 is 0 Å². The van der Waals surface area contributed by atoms with Gasteiger partial charge in [0.2, 0.25) is 0 Å². The minimum Gasteiger partial charge on any atom is -0.657 e. The molecular weight excluding hydrogens is 602 g/mol. The van der Waals surface area contributed by atoms with E-state index in [2.05, 4.69) is 66.6 Å². The molecule has 3 aromatic heterocycles. The third kappa shape index (κ3) is 5.06. The Morgan fingerprint density at radius 1 is 0.422 bits per heavy atom. The summed E-state index contributed by atoms with van der Waals surface area (Å²) >= 11 is 0. The third-order valence-corrected chi connectivity index (χ3v) is 7.94. The molecule has 0 amide bonds. The number of nitrogens with zero attached hydrogens (tertiary/aromatic N) is 4. The topological polar surface area (TPSA) is 54.0 Å². The van der Waals surface area contributed by atoms with Crippen molar-refractivity contribution in [2.45, 2.75) is 0 Å². The zero-order chi connectivity index (χ0) is 29.5. The summed E-state index contributed by atoms with van der Waals surface area (Å²) in [5, 5.41) is 0. The summed E-state index contributed by atoms with van der Waals surface area (Å²) in [5.41, 5.74) is 12.9. The van der Waals surface area contributed by atoms with Crippen LogP contribution in [0.25, 0.3) is 79.8 Å². The molecule has 4 nitrogen and oxygen atoms in total. The molecule has 0 fully saturated rings. The maximum absolute atomic E-state index is 6.11. The number of terminal acetylenes is 1. The van der Waals surface area contributed by atoms with Gasteiger partial charge in [-0.2, -0.15) is 0 Å². The van der Waals surface area contributed by atoms with Crippen LogP contribution in [-0.2, 0) is 19.5 Å². The second-order valence-corrected chi connectivity index (χ2v) is 10.6. The fourth-order valence-electron chi connectivity index (χ4n) is 5.94. The predicted molar refractivity (Wildman–Crippen MR) is 181 cm³/mol. The summed E-state index contributed by atoms with van der Waals surface area (Å²) in [4.78, 5) is 20.6. The Kier molecular flexibility index (Phi) is 7.43. The van der Waals surface area contributed by atoms with E-state index in [0.717, 1.165) is 67.0 Å². The van der Waals surface area contributed by atoms with Gasteiger partial charge >= 0.3 is 19.5 Å². The molecule has 8 bridgehead atoms. The Bertz CT molecular complexity index is 2280. The normalized spacial score (nSPS) is 11.6. The predicted octanol–water partition coefficient (Wildman–Crippen LogP) is 8.89. The van der Waals surface area contributed by atoms with Crippen LogP contribution < -0.4 is 9.97 Å². The SMILES string of the molecule is C#Cc1c2nc(c(-c3ccccc3)c3ccc([n-]3)c(-c3ccccc3)c3nc(c(-c4ccccc4)c4ccc1[n-]4)C=C3)C=C2.[Zn+2]. The van der Waals surface area contributed by atoms with Crippen molar-refractivity contribution in [1.82, 2.24) is 19.9 Å². The van der Waals surface area contributed by atoms with E-state index in [1.54, 1.807) is 0 Å². The van der Waals surface area contributed by atoms with Gasteiger partial charge in [0.25, 0.3) is 0 Å². The molecule has 0 unspecified atom stereocenters. The molecule has 6 aromatic rings. The van der Waals surface area contributed by atoms with Crippen molar-refractivity contribution in [2.75, 3.05) is 0 Å². The number of rotatable bonds is 3. The van der Waals surface area contributed by atoms with Crippen LogP contribution in [0, 0.1) is 12.3 Å². The Morgan fingerprint density at radius 3 is 1.16 bits per heavy atom. The number of benzene rings is 3. The third-order valence-electron chi connectivity index (χ3n) is 7.94. The van der Waals surface area contributed by atoms with Gasteiger partial charge in [0, 0.05) is 5.56 Å². The minimum absolute atomic E-state index is 0. The van der Waals surface area contributed by atoms with Crippen molar-refractivity contribution in [3.8, 4) is 45.7 Å². The fraction of sp³-hybridized carbons (Fsp3) is 0. The van der Waals surface area contributed by atoms with E-state index in [0.29, 0.717) is 16.8 Å². The van der Waals surface area contributed by atoms with Gasteiger partial charge in [0.1, 0.15) is 0 Å². The van der Waals surface area contributed by atoms with Crippen LogP contribution >= 0.6 is 0 Å². The monoisotopic (exact) mass is 624 g/mol. The molecule has 0 saturated heterocycles. The van der Waals surface area contributed by atoms with Crippen molar-refractivity contribution in [3.63, 3.8) is 0 Å². The van der Waals surface area contributed by atoms with Crippen molar-refractivity contribution in [2.24, 2.45) is 0 Å². The Labute approximate surface area is 274 Å². The van der Waals surface area contributed by atoms with Gasteiger partial charge < -0.3 is 9.97 Å². The van der Waals surface area contributed by atoms with E-state index in [1.165, 1.54) is 0 Å². The van der Waals surface area contributed by atoms with Gasteiger partial charge in [-0.3, -0.25) is 0 Å². The molecule has 0 atom stereocenters. The van der Waals surface area contributed by atoms with Crippen LogP contribution in [-0.4, -0.2) is 9.97 Å². The largest absolute Gasteiger partial charge is 2.00 e. The van der Waals surface area contributed by atoms with Crippen molar-refractivity contribution in [1.29, 1.82) is 0 Å². The molecule has 0 radical (unpaired) electrons. The zero-order valence-corrected chi connectivity index (χ0v) is 27.3. The van der Waals surface area contributed by atoms with Crippen LogP contribution in [0.4, 0.5) is 0 Å². The average Bonchev–Trinajstić information content (AvgIpc) is 3.90. The van der Waals surface area contributed by atoms with Gasteiger partial charge in [0.05, 0.1) is 22.8 Å². The van der Waals surface area contributed by atoms with E-state index in [9.17, 15) is 0 Å². The first-order chi connectivity index (χ1) is 21.8. The molecule has 206 valence electrons. The fourth-order valence-corrected chi connectivity index (χ4v) is 5.94. The maximum Gasteiger partial charge on any atom is 2.00 e. The van der Waals surface area contributed by atoms with E-state index in [4.69, 9.17) is 26.4 Å². The summed E-state index contributed by atoms with van der Waals surface area (Å²) in [7, 11) is 0. The molecule has 5 heterocycles. The summed E-state index contributed by atoms with van der Waals surface area (Å²) in [6, 6.07) is 38.9. The summed E-state index contributed by atoms with van der Waals surface area (Å²) in [6.45, 7) is 0. The number of fused-ring (bicyclic) bond motifs is 8. The second-order valence-electron chi connectivity index (χ2n) is 10.6. The summed E-state index contributed by atoms with van der Waals surface area (Å²) in [6.07, 6.45) is 14.2. The molecule has 0 saturated carbocycles. The molecular formula is C40H24N4Zn. The summed E-state index contributed by atoms with van der Waals surface area (Å²) < 4.78 is 0. The van der Waals surface area contributed by atoms with Gasteiger partial charge in [-0.25, -0.2) is 9.97 Å². The maximum atomic E-state index is 6.11. The van der Waals surface area contributed by atoms with Gasteiger partial charge in [-0.15, -0.1) is 28.5 Å². The first-order valence-electron chi connectivity index (χ1n) is 14.5. The molecule has 3 aromatic carbocycles. The van der Waals surface area contributed by atoms with Crippen molar-refractivity contribution < 1.29 is 19.5 Å². The molecule has 5 heteroatoms. The molecule has 45 heavy (non-hydrogen) atoms. The van der Waals surface area contributed by atoms with E-state index in [1.807, 2.05) is 78.9 Å². The molecule has 0 aliphatic carbocycles. The Hall–Kier alpha value is -5.56. The van der Waals surface area contributed by atoms with Crippen molar-refractivity contribution >= 4 is 46.4 Å². The molecule has 0 spiro atoms.